The van der Waals surface area contributed by atoms with Crippen molar-refractivity contribution >= 4 is 33.2 Å². The number of benzene rings is 2. The van der Waals surface area contributed by atoms with Gasteiger partial charge >= 0.3 is 0 Å². The van der Waals surface area contributed by atoms with Crippen LogP contribution in [0.5, 0.6) is 11.5 Å². The minimum atomic E-state index is 0.349. The lowest BCUT2D eigenvalue weighted by atomic mass is 10.1. The maximum absolute atomic E-state index is 9.81. The number of ether oxygens (including phenoxy) is 1. The highest BCUT2D eigenvalue weighted by Gasteiger charge is 2.10. The first-order valence-electron chi connectivity index (χ1n) is 6.48. The molecule has 0 amide bonds. The molecule has 0 spiro atoms. The van der Waals surface area contributed by atoms with Gasteiger partial charge in [0.2, 0.25) is 0 Å². The summed E-state index contributed by atoms with van der Waals surface area (Å²) in [7, 11) is 1.62. The third-order valence-corrected chi connectivity index (χ3v) is 4.05. The highest BCUT2D eigenvalue weighted by molar-refractivity contribution is 9.10. The topological polar surface area (TPSA) is 41.5 Å². The average molecular weight is 371 g/mol. The van der Waals surface area contributed by atoms with Crippen LogP contribution >= 0.6 is 27.5 Å². The molecule has 0 aromatic heterocycles. The van der Waals surface area contributed by atoms with Crippen molar-refractivity contribution in [2.45, 2.75) is 20.4 Å². The molecule has 112 valence electrons. The van der Waals surface area contributed by atoms with E-state index in [1.165, 1.54) is 0 Å². The monoisotopic (exact) mass is 369 g/mol. The second-order valence-corrected chi connectivity index (χ2v) is 6.19. The van der Waals surface area contributed by atoms with Crippen molar-refractivity contribution in [2.75, 3.05) is 12.4 Å². The van der Waals surface area contributed by atoms with Crippen LogP contribution in [0.2, 0.25) is 5.02 Å². The van der Waals surface area contributed by atoms with Gasteiger partial charge in [0.05, 0.1) is 17.3 Å². The number of phenols is 1. The zero-order valence-corrected chi connectivity index (χ0v) is 14.5. The Kier molecular flexibility index (Phi) is 5.01. The van der Waals surface area contributed by atoms with Gasteiger partial charge in [-0.2, -0.15) is 0 Å². The maximum Gasteiger partial charge on any atom is 0.156 e. The van der Waals surface area contributed by atoms with Crippen molar-refractivity contribution in [3.8, 4) is 11.5 Å². The van der Waals surface area contributed by atoms with E-state index in [2.05, 4.69) is 21.2 Å². The number of phenolic OH excluding ortho intramolecular Hbond substituents is 1. The minimum absolute atomic E-state index is 0.349. The summed E-state index contributed by atoms with van der Waals surface area (Å²) in [4.78, 5) is 0. The Morgan fingerprint density at radius 2 is 1.81 bits per heavy atom. The second-order valence-electron chi connectivity index (χ2n) is 4.90. The first-order chi connectivity index (χ1) is 9.92. The van der Waals surface area contributed by atoms with Crippen LogP contribution < -0.4 is 10.1 Å². The number of aromatic hydroxyl groups is 1. The molecular formula is C16H17BrClNO2. The van der Waals surface area contributed by atoms with Gasteiger partial charge < -0.3 is 15.2 Å². The molecule has 0 aliphatic rings. The molecule has 0 fully saturated rings. The summed E-state index contributed by atoms with van der Waals surface area (Å²) >= 11 is 9.51. The molecule has 0 bridgehead atoms. The molecule has 0 saturated heterocycles. The molecule has 3 nitrogen and oxygen atoms in total. The van der Waals surface area contributed by atoms with Crippen molar-refractivity contribution < 1.29 is 9.84 Å². The quantitative estimate of drug-likeness (QED) is 0.791. The molecule has 2 aromatic rings. The number of nitrogens with one attached hydrogen (secondary N) is 1. The lowest BCUT2D eigenvalue weighted by molar-refractivity contribution is 0.414. The molecule has 0 aliphatic heterocycles. The van der Waals surface area contributed by atoms with Gasteiger partial charge in [0.1, 0.15) is 5.75 Å². The maximum atomic E-state index is 9.81. The number of hydrogen-bond acceptors (Lipinski definition) is 3. The number of hydrogen-bond donors (Lipinski definition) is 2. The summed E-state index contributed by atoms with van der Waals surface area (Å²) in [5.74, 6) is 1.06. The van der Waals surface area contributed by atoms with Crippen molar-refractivity contribution in [3.63, 3.8) is 0 Å². The average Bonchev–Trinajstić information content (AvgIpc) is 2.41. The molecule has 0 saturated carbocycles. The fourth-order valence-electron chi connectivity index (χ4n) is 2.24. The van der Waals surface area contributed by atoms with Gasteiger partial charge in [-0.3, -0.25) is 0 Å². The summed E-state index contributed by atoms with van der Waals surface area (Å²) in [6.07, 6.45) is 0. The molecule has 21 heavy (non-hydrogen) atoms. The van der Waals surface area contributed by atoms with Crippen LogP contribution in [-0.2, 0) is 6.54 Å². The normalized spacial score (nSPS) is 10.5. The molecule has 0 unspecified atom stereocenters. The van der Waals surface area contributed by atoms with E-state index in [9.17, 15) is 5.11 Å². The number of aryl methyl sites for hydroxylation is 2. The molecule has 0 atom stereocenters. The number of anilines is 1. The van der Waals surface area contributed by atoms with Crippen molar-refractivity contribution in [1.82, 2.24) is 0 Å². The molecule has 5 heteroatoms. The van der Waals surface area contributed by atoms with Crippen LogP contribution in [0.25, 0.3) is 0 Å². The van der Waals surface area contributed by atoms with E-state index in [4.69, 9.17) is 16.3 Å². The third-order valence-electron chi connectivity index (χ3n) is 3.25. The van der Waals surface area contributed by atoms with Gasteiger partial charge in [0.25, 0.3) is 0 Å². The third kappa shape index (κ3) is 3.63. The van der Waals surface area contributed by atoms with Gasteiger partial charge in [0, 0.05) is 11.6 Å². The summed E-state index contributed by atoms with van der Waals surface area (Å²) in [5.41, 5.74) is 3.64. The molecule has 0 aliphatic carbocycles. The molecule has 0 heterocycles. The largest absolute Gasteiger partial charge is 0.507 e. The highest BCUT2D eigenvalue weighted by Crippen LogP contribution is 2.36. The van der Waals surface area contributed by atoms with Gasteiger partial charge in [-0.15, -0.1) is 0 Å². The first kappa shape index (κ1) is 16.0. The minimum Gasteiger partial charge on any atom is -0.507 e. The number of methoxy groups -OCH3 is 1. The summed E-state index contributed by atoms with van der Waals surface area (Å²) in [6.45, 7) is 4.40. The lowest BCUT2D eigenvalue weighted by Crippen LogP contribution is -2.02. The van der Waals surface area contributed by atoms with Crippen LogP contribution in [0.1, 0.15) is 16.7 Å². The predicted molar refractivity (Wildman–Crippen MR) is 90.6 cm³/mol. The molecular weight excluding hydrogens is 354 g/mol. The molecule has 2 N–H and O–H groups in total. The summed E-state index contributed by atoms with van der Waals surface area (Å²) in [6, 6.07) is 7.54. The van der Waals surface area contributed by atoms with Crippen LogP contribution in [0.4, 0.5) is 5.69 Å². The Labute approximate surface area is 138 Å². The zero-order valence-electron chi connectivity index (χ0n) is 12.1. The Hall–Kier alpha value is -1.39. The Balaban J connectivity index is 2.24. The summed E-state index contributed by atoms with van der Waals surface area (Å²) in [5, 5.41) is 13.7. The number of halogens is 2. The summed E-state index contributed by atoms with van der Waals surface area (Å²) < 4.78 is 6.18. The zero-order chi connectivity index (χ0) is 15.6. The first-order valence-corrected chi connectivity index (χ1v) is 7.65. The van der Waals surface area contributed by atoms with E-state index >= 15 is 0 Å². The molecule has 2 aromatic carbocycles. The Morgan fingerprint density at radius 1 is 1.19 bits per heavy atom. The van der Waals surface area contributed by atoms with E-state index in [0.717, 1.165) is 26.9 Å². The molecule has 0 radical (unpaired) electrons. The van der Waals surface area contributed by atoms with Crippen LogP contribution in [0.15, 0.2) is 28.7 Å². The van der Waals surface area contributed by atoms with Crippen LogP contribution in [-0.4, -0.2) is 12.2 Å². The fraction of sp³-hybridized carbons (Fsp3) is 0.250. The van der Waals surface area contributed by atoms with E-state index < -0.39 is 0 Å². The van der Waals surface area contributed by atoms with Gasteiger partial charge in [0.15, 0.2) is 5.75 Å². The predicted octanol–water partition coefficient (Wildman–Crippen LogP) is 5.05. The number of rotatable bonds is 4. The van der Waals surface area contributed by atoms with Crippen LogP contribution in [0, 0.1) is 13.8 Å². The lowest BCUT2D eigenvalue weighted by Gasteiger charge is -2.14. The Bertz CT molecular complexity index is 651. The van der Waals surface area contributed by atoms with E-state index in [1.54, 1.807) is 13.2 Å². The van der Waals surface area contributed by atoms with E-state index in [0.29, 0.717) is 23.1 Å². The van der Waals surface area contributed by atoms with Gasteiger partial charge in [-0.1, -0.05) is 23.7 Å². The fourth-order valence-corrected chi connectivity index (χ4v) is 3.22. The van der Waals surface area contributed by atoms with Crippen molar-refractivity contribution in [2.24, 2.45) is 0 Å². The second kappa shape index (κ2) is 6.58. The Morgan fingerprint density at radius 3 is 2.38 bits per heavy atom. The van der Waals surface area contributed by atoms with Gasteiger partial charge in [-0.25, -0.2) is 0 Å². The SMILES string of the molecule is COc1c(Br)cc(Cl)cc1NCc1cc(C)c(O)c(C)c1. The molecule has 2 rings (SSSR count). The highest BCUT2D eigenvalue weighted by atomic mass is 79.9. The van der Waals surface area contributed by atoms with Gasteiger partial charge in [-0.05, 0) is 58.6 Å². The van der Waals surface area contributed by atoms with Crippen molar-refractivity contribution in [3.05, 3.63) is 50.5 Å². The van der Waals surface area contributed by atoms with Crippen molar-refractivity contribution in [1.29, 1.82) is 0 Å². The standard InChI is InChI=1S/C16H17BrClNO2/c1-9-4-11(5-10(2)15(9)20)8-19-14-7-12(18)6-13(17)16(14)21-3/h4-7,19-20H,8H2,1-3H3. The van der Waals surface area contributed by atoms with Crippen LogP contribution in [0.3, 0.4) is 0 Å². The van der Waals surface area contributed by atoms with E-state index in [1.807, 2.05) is 32.0 Å². The van der Waals surface area contributed by atoms with E-state index in [-0.39, 0.29) is 0 Å². The smallest absolute Gasteiger partial charge is 0.156 e.